The molecule has 14 rings (SSSR count). The SMILES string of the molecule is CCC/C=C(/N=C(/C(CC)=C(\C)c1ccc(-c2ccccc2)cc1)C1CC=Cc2oc3ccc(-c4cccc(C5Cc6c(oc7ccccc67)C=C5n5c6ccccc6c6cc(-c7ccccc7)ccc65)c4)cc3c21)c1ccccc1. The van der Waals surface area contributed by atoms with Crippen LogP contribution in [-0.4, -0.2) is 10.3 Å². The Morgan fingerprint density at radius 1 is 0.543 bits per heavy atom. The fraction of sp³-hybridized carbons (Fsp3) is 0.130. The number of furan rings is 2. The summed E-state index contributed by atoms with van der Waals surface area (Å²) < 4.78 is 16.1. The molecule has 0 radical (unpaired) electrons. The van der Waals surface area contributed by atoms with E-state index in [1.165, 1.54) is 88.5 Å². The number of benzene rings is 9. The largest absolute Gasteiger partial charge is 0.456 e. The van der Waals surface area contributed by atoms with E-state index >= 15 is 0 Å². The summed E-state index contributed by atoms with van der Waals surface area (Å²) in [6.07, 6.45) is 13.5. The second kappa shape index (κ2) is 21.3. The average Bonchev–Trinajstić information content (AvgIpc) is 4.27. The topological polar surface area (TPSA) is 43.6 Å². The van der Waals surface area contributed by atoms with Crippen molar-refractivity contribution < 1.29 is 8.83 Å². The molecule has 9 aromatic carbocycles. The third-order valence-corrected chi connectivity index (χ3v) is 17.0. The zero-order valence-electron chi connectivity index (χ0n) is 46.1. The Morgan fingerprint density at radius 2 is 1.15 bits per heavy atom. The number of rotatable bonds is 13. The number of aromatic nitrogens is 1. The normalized spacial score (nSPS) is 15.8. The lowest BCUT2D eigenvalue weighted by molar-refractivity contribution is 0.591. The van der Waals surface area contributed by atoms with Crippen LogP contribution < -0.4 is 0 Å². The van der Waals surface area contributed by atoms with Crippen LogP contribution in [0.15, 0.2) is 256 Å². The van der Waals surface area contributed by atoms with E-state index in [0.717, 1.165) is 88.3 Å². The van der Waals surface area contributed by atoms with Gasteiger partial charge < -0.3 is 13.4 Å². The molecule has 0 bridgehead atoms. The first-order chi connectivity index (χ1) is 40.0. The first-order valence-corrected chi connectivity index (χ1v) is 28.8. The summed E-state index contributed by atoms with van der Waals surface area (Å²) in [6, 6.07) is 81.5. The van der Waals surface area contributed by atoms with E-state index in [1.807, 2.05) is 0 Å². The summed E-state index contributed by atoms with van der Waals surface area (Å²) in [4.78, 5) is 5.87. The van der Waals surface area contributed by atoms with Gasteiger partial charge in [0.25, 0.3) is 0 Å². The van der Waals surface area contributed by atoms with Crippen molar-refractivity contribution in [1.29, 1.82) is 0 Å². The molecule has 2 aliphatic carbocycles. The third kappa shape index (κ3) is 9.11. The second-order valence-corrected chi connectivity index (χ2v) is 21.8. The van der Waals surface area contributed by atoms with Crippen molar-refractivity contribution in [3.63, 3.8) is 0 Å². The number of hydrogen-bond donors (Lipinski definition) is 0. The molecule has 0 saturated carbocycles. The van der Waals surface area contributed by atoms with Gasteiger partial charge in [-0.15, -0.1) is 0 Å². The van der Waals surface area contributed by atoms with Crippen LogP contribution in [0.3, 0.4) is 0 Å². The molecule has 3 aromatic heterocycles. The number of allylic oxidation sites excluding steroid dienone is 5. The van der Waals surface area contributed by atoms with Gasteiger partial charge in [-0.1, -0.05) is 220 Å². The number of unbranched alkanes of at least 4 members (excludes halogenated alkanes) is 1. The smallest absolute Gasteiger partial charge is 0.135 e. The van der Waals surface area contributed by atoms with Crippen molar-refractivity contribution in [1.82, 2.24) is 4.57 Å². The average molecular weight is 1050 g/mol. The Hall–Kier alpha value is -9.51. The molecule has 81 heavy (non-hydrogen) atoms. The van der Waals surface area contributed by atoms with Crippen molar-refractivity contribution in [3.8, 4) is 33.4 Å². The Kier molecular flexibility index (Phi) is 13.1. The first kappa shape index (κ1) is 49.8. The van der Waals surface area contributed by atoms with Gasteiger partial charge in [-0.3, -0.25) is 4.99 Å². The van der Waals surface area contributed by atoms with Gasteiger partial charge in [0.15, 0.2) is 0 Å². The van der Waals surface area contributed by atoms with Crippen LogP contribution in [0, 0.1) is 0 Å². The minimum Gasteiger partial charge on any atom is -0.456 e. The van der Waals surface area contributed by atoms with Crippen LogP contribution in [0.25, 0.3) is 106 Å². The maximum Gasteiger partial charge on any atom is 0.135 e. The van der Waals surface area contributed by atoms with Crippen LogP contribution in [-0.2, 0) is 6.42 Å². The molecule has 0 N–H and O–H groups in total. The summed E-state index contributed by atoms with van der Waals surface area (Å²) in [7, 11) is 0. The Bertz CT molecular complexity index is 4500. The van der Waals surface area contributed by atoms with Gasteiger partial charge >= 0.3 is 0 Å². The summed E-state index contributed by atoms with van der Waals surface area (Å²) in [5, 5.41) is 4.77. The minimum atomic E-state index is -0.0565. The molecular weight excluding hydrogens is 985 g/mol. The molecule has 0 aliphatic heterocycles. The third-order valence-electron chi connectivity index (χ3n) is 17.0. The van der Waals surface area contributed by atoms with Gasteiger partial charge in [0.05, 0.1) is 22.4 Å². The summed E-state index contributed by atoms with van der Waals surface area (Å²) in [5.41, 5.74) is 23.1. The van der Waals surface area contributed by atoms with Gasteiger partial charge in [0.1, 0.15) is 22.7 Å². The van der Waals surface area contributed by atoms with E-state index in [2.05, 4.69) is 274 Å². The lowest BCUT2D eigenvalue weighted by atomic mass is 9.79. The van der Waals surface area contributed by atoms with Gasteiger partial charge in [-0.2, -0.15) is 0 Å². The van der Waals surface area contributed by atoms with E-state index in [-0.39, 0.29) is 11.8 Å². The number of para-hydroxylation sites is 2. The van der Waals surface area contributed by atoms with E-state index < -0.39 is 0 Å². The molecule has 2 unspecified atom stereocenters. The molecule has 2 aliphatic rings. The van der Waals surface area contributed by atoms with Crippen molar-refractivity contribution in [2.75, 3.05) is 0 Å². The van der Waals surface area contributed by atoms with Crippen molar-refractivity contribution in [3.05, 3.63) is 282 Å². The molecule has 4 heteroatoms. The number of fused-ring (bicyclic) bond motifs is 9. The predicted octanol–water partition coefficient (Wildman–Crippen LogP) is 21.3. The molecule has 0 amide bonds. The number of hydrogen-bond acceptors (Lipinski definition) is 3. The molecule has 392 valence electrons. The van der Waals surface area contributed by atoms with Crippen LogP contribution >= 0.6 is 0 Å². The Balaban J connectivity index is 0.897. The molecule has 3 heterocycles. The Morgan fingerprint density at radius 3 is 1.93 bits per heavy atom. The van der Waals surface area contributed by atoms with Crippen molar-refractivity contribution in [2.24, 2.45) is 4.99 Å². The van der Waals surface area contributed by atoms with Crippen LogP contribution in [0.4, 0.5) is 0 Å². The highest BCUT2D eigenvalue weighted by Gasteiger charge is 2.33. The van der Waals surface area contributed by atoms with Gasteiger partial charge in [-0.05, 0) is 136 Å². The minimum absolute atomic E-state index is 0.0153. The summed E-state index contributed by atoms with van der Waals surface area (Å²) in [6.45, 7) is 6.81. The van der Waals surface area contributed by atoms with Crippen molar-refractivity contribution >= 4 is 78.6 Å². The lowest BCUT2D eigenvalue weighted by Crippen LogP contribution is -2.18. The second-order valence-electron chi connectivity index (χ2n) is 21.8. The Labute approximate surface area is 474 Å². The van der Waals surface area contributed by atoms with E-state index in [9.17, 15) is 0 Å². The number of nitrogens with zero attached hydrogens (tertiary/aromatic N) is 2. The van der Waals surface area contributed by atoms with Crippen LogP contribution in [0.2, 0.25) is 0 Å². The van der Waals surface area contributed by atoms with E-state index in [0.29, 0.717) is 0 Å². The molecule has 4 nitrogen and oxygen atoms in total. The van der Waals surface area contributed by atoms with Gasteiger partial charge in [-0.25, -0.2) is 0 Å². The maximum absolute atomic E-state index is 6.88. The molecule has 0 fully saturated rings. The van der Waals surface area contributed by atoms with Gasteiger partial charge in [0.2, 0.25) is 0 Å². The standard InChI is InChI=1S/C77H62N2O2/c1-4-6-33-68(55-26-14-9-15-27-55)78-77(60(5-2)50(3)51-37-39-54(40-38-51)52-22-10-7-11-23-52)63-32-21-36-74-76(63)67-47-58(42-44-73(67)80-74)56-28-20-29-59(45-56)64-48-66-62-31-17-19-35-72(62)81-75(66)49-71(64)79-69-34-18-16-30-61(69)65-46-57(41-43-70(65)79)53-24-12-8-13-25-53/h7-31,33-47,49,63-64H,4-6,32,48H2,1-3H3/b60-50+,68-33+,78-77-. The predicted molar refractivity (Wildman–Crippen MR) is 341 cm³/mol. The molecule has 2 atom stereocenters. The molecule has 0 saturated heterocycles. The quantitative estimate of drug-likeness (QED) is 0.108. The first-order valence-electron chi connectivity index (χ1n) is 28.8. The van der Waals surface area contributed by atoms with Crippen molar-refractivity contribution in [2.45, 2.75) is 64.7 Å². The zero-order valence-corrected chi connectivity index (χ0v) is 46.1. The number of aliphatic imine (C=N–C) groups is 1. The zero-order chi connectivity index (χ0) is 54.4. The lowest BCUT2D eigenvalue weighted by Gasteiger charge is -2.27. The highest BCUT2D eigenvalue weighted by Crippen LogP contribution is 2.48. The highest BCUT2D eigenvalue weighted by molar-refractivity contribution is 6.15. The van der Waals surface area contributed by atoms with Crippen LogP contribution in [0.5, 0.6) is 0 Å². The van der Waals surface area contributed by atoms with E-state index in [1.54, 1.807) is 0 Å². The van der Waals surface area contributed by atoms with Gasteiger partial charge in [0, 0.05) is 56.3 Å². The highest BCUT2D eigenvalue weighted by atomic mass is 16.3. The van der Waals surface area contributed by atoms with Crippen LogP contribution in [0.1, 0.15) is 97.6 Å². The fourth-order valence-electron chi connectivity index (χ4n) is 12.9. The maximum atomic E-state index is 6.88. The summed E-state index contributed by atoms with van der Waals surface area (Å²) in [5.74, 6) is 1.79. The molecule has 0 spiro atoms. The fourth-order valence-corrected chi connectivity index (χ4v) is 12.9. The molecule has 12 aromatic rings. The summed E-state index contributed by atoms with van der Waals surface area (Å²) >= 11 is 0. The molecular formula is C77H62N2O2. The monoisotopic (exact) mass is 1050 g/mol. The van der Waals surface area contributed by atoms with E-state index in [4.69, 9.17) is 13.8 Å².